The maximum atomic E-state index is 2.44. The Morgan fingerprint density at radius 3 is 1.20 bits per heavy atom. The molecule has 0 radical (unpaired) electrons. The van der Waals surface area contributed by atoms with E-state index in [1.165, 1.54) is 116 Å². The van der Waals surface area contributed by atoms with Gasteiger partial charge in [-0.3, -0.25) is 0 Å². The molecule has 0 aliphatic heterocycles. The highest BCUT2D eigenvalue weighted by atomic mass is 15.1. The zero-order valence-electron chi connectivity index (χ0n) is 45.2. The Kier molecular flexibility index (Phi) is 12.2. The third kappa shape index (κ3) is 8.08. The fourth-order valence-corrected chi connectivity index (χ4v) is 13.4. The van der Waals surface area contributed by atoms with E-state index in [2.05, 4.69) is 339 Å². The Bertz CT molecular complexity index is 4570. The molecular formula is C81H55N. The third-order valence-electron chi connectivity index (χ3n) is 16.9. The van der Waals surface area contributed by atoms with Gasteiger partial charge in [-0.05, 0) is 158 Å². The van der Waals surface area contributed by atoms with Crippen molar-refractivity contribution in [2.75, 3.05) is 4.90 Å². The zero-order chi connectivity index (χ0) is 54.4. The van der Waals surface area contributed by atoms with Crippen molar-refractivity contribution >= 4 is 38.6 Å². The molecule has 1 aliphatic rings. The molecule has 0 bridgehead atoms. The van der Waals surface area contributed by atoms with E-state index in [9.17, 15) is 0 Å². The van der Waals surface area contributed by atoms with Crippen molar-refractivity contribution in [1.29, 1.82) is 0 Å². The number of benzene rings is 14. The van der Waals surface area contributed by atoms with E-state index in [1.54, 1.807) is 0 Å². The number of hydrogen-bond donors (Lipinski definition) is 0. The minimum Gasteiger partial charge on any atom is -0.310 e. The molecule has 0 N–H and O–H groups in total. The Hall–Kier alpha value is -10.6. The van der Waals surface area contributed by atoms with Crippen LogP contribution in [0, 0.1) is 0 Å². The first kappa shape index (κ1) is 48.5. The molecule has 14 aromatic rings. The van der Waals surface area contributed by atoms with Crippen LogP contribution >= 0.6 is 0 Å². The van der Waals surface area contributed by atoms with Gasteiger partial charge in [0.05, 0.1) is 5.41 Å². The maximum Gasteiger partial charge on any atom is 0.0713 e. The average Bonchev–Trinajstić information content (AvgIpc) is 2.44. The molecule has 1 nitrogen and oxygen atoms in total. The zero-order valence-corrected chi connectivity index (χ0v) is 45.2. The number of anilines is 3. The average molecular weight is 1040 g/mol. The largest absolute Gasteiger partial charge is 0.310 e. The molecule has 82 heavy (non-hydrogen) atoms. The molecule has 0 aromatic heterocycles. The summed E-state index contributed by atoms with van der Waals surface area (Å²) in [5.41, 5.74) is 24.6. The number of fused-ring (bicyclic) bond motifs is 5. The molecule has 1 heteroatoms. The Balaban J connectivity index is 0.950. The highest BCUT2D eigenvalue weighted by Crippen LogP contribution is 2.58. The minimum absolute atomic E-state index is 0.501. The van der Waals surface area contributed by atoms with Gasteiger partial charge in [-0.2, -0.15) is 0 Å². The van der Waals surface area contributed by atoms with E-state index in [1.807, 2.05) is 0 Å². The summed E-state index contributed by atoms with van der Waals surface area (Å²) in [5.74, 6) is 0. The molecule has 384 valence electrons. The second-order valence-corrected chi connectivity index (χ2v) is 21.4. The fourth-order valence-electron chi connectivity index (χ4n) is 13.4. The summed E-state index contributed by atoms with van der Waals surface area (Å²) >= 11 is 0. The van der Waals surface area contributed by atoms with Crippen LogP contribution in [-0.2, 0) is 5.41 Å². The second kappa shape index (κ2) is 20.6. The van der Waals surface area contributed by atoms with Gasteiger partial charge in [-0.1, -0.05) is 297 Å². The molecule has 0 amide bonds. The van der Waals surface area contributed by atoms with Gasteiger partial charge in [0.15, 0.2) is 0 Å². The smallest absolute Gasteiger partial charge is 0.0713 e. The molecular weight excluding hydrogens is 987 g/mol. The Morgan fingerprint density at radius 2 is 0.610 bits per heavy atom. The van der Waals surface area contributed by atoms with E-state index < -0.39 is 5.41 Å². The summed E-state index contributed by atoms with van der Waals surface area (Å²) in [6.07, 6.45) is 0. The molecule has 14 aromatic carbocycles. The van der Waals surface area contributed by atoms with Gasteiger partial charge in [-0.25, -0.2) is 0 Å². The normalized spacial score (nSPS) is 12.2. The van der Waals surface area contributed by atoms with Crippen molar-refractivity contribution in [2.45, 2.75) is 5.41 Å². The van der Waals surface area contributed by atoms with E-state index >= 15 is 0 Å². The van der Waals surface area contributed by atoms with Crippen LogP contribution in [-0.4, -0.2) is 0 Å². The summed E-state index contributed by atoms with van der Waals surface area (Å²) in [4.78, 5) is 2.44. The van der Waals surface area contributed by atoms with Gasteiger partial charge in [0.2, 0.25) is 0 Å². The van der Waals surface area contributed by atoms with Gasteiger partial charge in [0, 0.05) is 17.1 Å². The monoisotopic (exact) mass is 1040 g/mol. The first-order valence-corrected chi connectivity index (χ1v) is 28.4. The van der Waals surface area contributed by atoms with E-state index in [0.717, 1.165) is 22.6 Å². The Morgan fingerprint density at radius 1 is 0.220 bits per heavy atom. The molecule has 0 unspecified atom stereocenters. The standard InChI is InChI=1S/C81H55N/c1-7-26-59(27-8-1)76-72-43-24-42-70(80(72)79(62-32-13-4-14-33-62)78(61-30-11-3-12-31-61)77(76)60-28-9-2-10-29-60)58-47-51-66(52-48-58)82(65-49-45-57(46-50-65)69-41-23-34-56-25-19-20-39-68(56)69)67-53-54-75-73(55-67)71-40-21-22-44-74(71)81(75,63-35-15-5-16-36-63)64-37-17-6-18-38-64/h1-55H. The molecule has 0 fully saturated rings. The van der Waals surface area contributed by atoms with Crippen molar-refractivity contribution in [3.63, 3.8) is 0 Å². The van der Waals surface area contributed by atoms with Crippen molar-refractivity contribution in [1.82, 2.24) is 0 Å². The molecule has 0 atom stereocenters. The number of hydrogen-bond acceptors (Lipinski definition) is 1. The first-order valence-electron chi connectivity index (χ1n) is 28.4. The van der Waals surface area contributed by atoms with Crippen molar-refractivity contribution in [3.8, 4) is 77.9 Å². The molecule has 0 heterocycles. The second-order valence-electron chi connectivity index (χ2n) is 21.4. The molecule has 0 spiro atoms. The van der Waals surface area contributed by atoms with Crippen molar-refractivity contribution in [2.24, 2.45) is 0 Å². The van der Waals surface area contributed by atoms with Crippen LogP contribution in [0.15, 0.2) is 334 Å². The lowest BCUT2D eigenvalue weighted by molar-refractivity contribution is 0.768. The highest BCUT2D eigenvalue weighted by Gasteiger charge is 2.46. The van der Waals surface area contributed by atoms with E-state index in [-0.39, 0.29) is 0 Å². The minimum atomic E-state index is -0.501. The Labute approximate surface area is 480 Å². The molecule has 0 saturated carbocycles. The predicted molar refractivity (Wildman–Crippen MR) is 346 cm³/mol. The fraction of sp³-hybridized carbons (Fsp3) is 0.0123. The summed E-state index contributed by atoms with van der Waals surface area (Å²) in [6.45, 7) is 0. The van der Waals surface area contributed by atoms with Crippen LogP contribution in [0.3, 0.4) is 0 Å². The predicted octanol–water partition coefficient (Wildman–Crippen LogP) is 21.8. The van der Waals surface area contributed by atoms with Crippen molar-refractivity contribution in [3.05, 3.63) is 356 Å². The summed E-state index contributed by atoms with van der Waals surface area (Å²) < 4.78 is 0. The topological polar surface area (TPSA) is 3.24 Å². The SMILES string of the molecule is c1ccc(-c2c(-c3ccccc3)c(-c3ccccc3)c3c(-c4ccc(N(c5ccc(-c6cccc7ccccc67)cc5)c5ccc6c(c5)-c5ccccc5C6(c5ccccc5)c5ccccc5)cc4)cccc3c2-c2ccccc2)cc1. The highest BCUT2D eigenvalue weighted by molar-refractivity contribution is 6.22. The van der Waals surface area contributed by atoms with Crippen LogP contribution in [0.2, 0.25) is 0 Å². The van der Waals surface area contributed by atoms with Crippen LogP contribution in [0.1, 0.15) is 22.3 Å². The molecule has 0 saturated heterocycles. The number of rotatable bonds is 11. The lowest BCUT2D eigenvalue weighted by Crippen LogP contribution is -2.28. The maximum absolute atomic E-state index is 2.44. The summed E-state index contributed by atoms with van der Waals surface area (Å²) in [7, 11) is 0. The first-order chi connectivity index (χ1) is 40.7. The summed E-state index contributed by atoms with van der Waals surface area (Å²) in [5, 5.41) is 4.91. The van der Waals surface area contributed by atoms with Crippen LogP contribution in [0.4, 0.5) is 17.1 Å². The van der Waals surface area contributed by atoms with E-state index in [4.69, 9.17) is 0 Å². The van der Waals surface area contributed by atoms with Crippen LogP contribution in [0.25, 0.3) is 99.4 Å². The lowest BCUT2D eigenvalue weighted by atomic mass is 9.68. The quantitative estimate of drug-likeness (QED) is 0.125. The summed E-state index contributed by atoms with van der Waals surface area (Å²) in [6, 6.07) is 123. The van der Waals surface area contributed by atoms with Gasteiger partial charge < -0.3 is 4.90 Å². The third-order valence-corrected chi connectivity index (χ3v) is 16.9. The van der Waals surface area contributed by atoms with Crippen molar-refractivity contribution < 1.29 is 0 Å². The number of nitrogens with zero attached hydrogens (tertiary/aromatic N) is 1. The van der Waals surface area contributed by atoms with E-state index in [0.29, 0.717) is 0 Å². The van der Waals surface area contributed by atoms with Gasteiger partial charge in [0.1, 0.15) is 0 Å². The van der Waals surface area contributed by atoms with Gasteiger partial charge >= 0.3 is 0 Å². The van der Waals surface area contributed by atoms with Gasteiger partial charge in [-0.15, -0.1) is 0 Å². The lowest BCUT2D eigenvalue weighted by Gasteiger charge is -2.34. The van der Waals surface area contributed by atoms with Crippen LogP contribution in [0.5, 0.6) is 0 Å². The molecule has 1 aliphatic carbocycles. The van der Waals surface area contributed by atoms with Crippen LogP contribution < -0.4 is 4.90 Å². The van der Waals surface area contributed by atoms with Gasteiger partial charge in [0.25, 0.3) is 0 Å². The molecule has 15 rings (SSSR count).